The van der Waals surface area contributed by atoms with Crippen LogP contribution in [0.2, 0.25) is 0 Å². The Bertz CT molecular complexity index is 572. The number of nitrogens with one attached hydrogen (secondary N) is 1. The second-order valence-corrected chi connectivity index (χ2v) is 6.73. The summed E-state index contributed by atoms with van der Waals surface area (Å²) < 4.78 is 0. The molecule has 0 bridgehead atoms. The number of likely N-dealkylation sites (tertiary alicyclic amines) is 1. The van der Waals surface area contributed by atoms with Crippen molar-refractivity contribution in [2.75, 3.05) is 13.1 Å². The first kappa shape index (κ1) is 16.1. The van der Waals surface area contributed by atoms with E-state index in [1.807, 2.05) is 0 Å². The summed E-state index contributed by atoms with van der Waals surface area (Å²) in [4.78, 5) is 14.2. The van der Waals surface area contributed by atoms with Gasteiger partial charge in [-0.2, -0.15) is 0 Å². The average Bonchev–Trinajstić information content (AvgIpc) is 2.54. The number of benzene rings is 1. The van der Waals surface area contributed by atoms with Gasteiger partial charge in [0.2, 0.25) is 0 Å². The van der Waals surface area contributed by atoms with Crippen molar-refractivity contribution in [1.82, 2.24) is 10.2 Å². The first-order chi connectivity index (χ1) is 11.3. The van der Waals surface area contributed by atoms with Crippen LogP contribution in [0.4, 0.5) is 0 Å². The first-order valence-corrected chi connectivity index (χ1v) is 8.89. The fourth-order valence-electron chi connectivity index (χ4n) is 3.08. The summed E-state index contributed by atoms with van der Waals surface area (Å²) in [6.45, 7) is 4.04. The van der Waals surface area contributed by atoms with Crippen molar-refractivity contribution in [3.8, 4) is 11.8 Å². The topological polar surface area (TPSA) is 32.3 Å². The summed E-state index contributed by atoms with van der Waals surface area (Å²) in [7, 11) is 0. The predicted octanol–water partition coefficient (Wildman–Crippen LogP) is 3.09. The zero-order valence-electron chi connectivity index (χ0n) is 13.8. The Morgan fingerprint density at radius 2 is 1.74 bits per heavy atom. The summed E-state index contributed by atoms with van der Waals surface area (Å²) >= 11 is 0. The number of rotatable bonds is 4. The molecule has 2 fully saturated rings. The zero-order valence-corrected chi connectivity index (χ0v) is 13.8. The van der Waals surface area contributed by atoms with Crippen molar-refractivity contribution < 1.29 is 4.79 Å². The number of carbonyl (C=O) groups excluding carboxylic acids is 1. The second kappa shape index (κ2) is 8.17. The fourth-order valence-corrected chi connectivity index (χ4v) is 3.08. The van der Waals surface area contributed by atoms with Gasteiger partial charge in [-0.05, 0) is 55.8 Å². The number of hydrogen-bond acceptors (Lipinski definition) is 2. The minimum atomic E-state index is -0.158. The van der Waals surface area contributed by atoms with Gasteiger partial charge in [0.1, 0.15) is 0 Å². The van der Waals surface area contributed by atoms with Crippen LogP contribution in [-0.4, -0.2) is 23.9 Å². The van der Waals surface area contributed by atoms with E-state index < -0.39 is 0 Å². The van der Waals surface area contributed by atoms with E-state index in [1.165, 1.54) is 44.3 Å². The molecule has 1 aromatic rings. The minimum absolute atomic E-state index is 0.158. The van der Waals surface area contributed by atoms with E-state index in [0.29, 0.717) is 12.5 Å². The molecule has 1 saturated heterocycles. The molecular weight excluding hydrogens is 284 g/mol. The van der Waals surface area contributed by atoms with Crippen molar-refractivity contribution in [2.24, 2.45) is 5.92 Å². The molecule has 1 saturated carbocycles. The summed E-state index contributed by atoms with van der Waals surface area (Å²) in [5.41, 5.74) is 2.48. The largest absolute Gasteiger partial charge is 0.341 e. The van der Waals surface area contributed by atoms with Gasteiger partial charge in [0.25, 0.3) is 5.91 Å². The maximum absolute atomic E-state index is 11.7. The Hall–Kier alpha value is -1.79. The van der Waals surface area contributed by atoms with Crippen molar-refractivity contribution in [1.29, 1.82) is 0 Å². The highest BCUT2D eigenvalue weighted by Gasteiger charge is 2.14. The summed E-state index contributed by atoms with van der Waals surface area (Å²) in [5.74, 6) is 6.05. The normalized spacial score (nSPS) is 18.6. The smallest absolute Gasteiger partial charge is 0.296 e. The van der Waals surface area contributed by atoms with Crippen LogP contribution in [0.3, 0.4) is 0 Å². The first-order valence-electron chi connectivity index (χ1n) is 8.89. The number of hydrogen-bond donors (Lipinski definition) is 1. The average molecular weight is 310 g/mol. The van der Waals surface area contributed by atoms with Gasteiger partial charge in [0.15, 0.2) is 0 Å². The molecule has 2 aliphatic rings. The maximum atomic E-state index is 11.7. The highest BCUT2D eigenvalue weighted by Crippen LogP contribution is 2.24. The van der Waals surface area contributed by atoms with Gasteiger partial charge in [-0.3, -0.25) is 9.69 Å². The van der Waals surface area contributed by atoms with Gasteiger partial charge in [-0.25, -0.2) is 0 Å². The van der Waals surface area contributed by atoms with Gasteiger partial charge in [-0.1, -0.05) is 43.0 Å². The Morgan fingerprint density at radius 3 is 2.39 bits per heavy atom. The highest BCUT2D eigenvalue weighted by molar-refractivity contribution is 5.93. The monoisotopic (exact) mass is 310 g/mol. The molecule has 0 spiro atoms. The Labute approximate surface area is 139 Å². The number of nitrogens with zero attached hydrogens (tertiary/aromatic N) is 1. The van der Waals surface area contributed by atoms with Crippen LogP contribution in [-0.2, 0) is 17.9 Å². The third-order valence-electron chi connectivity index (χ3n) is 4.83. The van der Waals surface area contributed by atoms with Crippen molar-refractivity contribution in [3.63, 3.8) is 0 Å². The molecule has 1 N–H and O–H groups in total. The molecule has 0 radical (unpaired) electrons. The van der Waals surface area contributed by atoms with Gasteiger partial charge >= 0.3 is 0 Å². The molecule has 0 unspecified atom stereocenters. The van der Waals surface area contributed by atoms with Gasteiger partial charge in [0.05, 0.1) is 0 Å². The summed E-state index contributed by atoms with van der Waals surface area (Å²) in [6.07, 6.45) is 7.58. The van der Waals surface area contributed by atoms with Crippen LogP contribution in [0.25, 0.3) is 0 Å². The minimum Gasteiger partial charge on any atom is -0.341 e. The standard InChI is InChI=1S/C20H26N2O/c23-20(12-11-17-5-4-6-17)21-15-18-7-9-19(10-8-18)16-22-13-2-1-3-14-22/h7-10,17H,1-6,13-16H2,(H,21,23). The van der Waals surface area contributed by atoms with E-state index >= 15 is 0 Å². The predicted molar refractivity (Wildman–Crippen MR) is 92.5 cm³/mol. The van der Waals surface area contributed by atoms with E-state index in [-0.39, 0.29) is 5.91 Å². The summed E-state index contributed by atoms with van der Waals surface area (Å²) in [6, 6.07) is 8.57. The lowest BCUT2D eigenvalue weighted by atomic mass is 9.86. The van der Waals surface area contributed by atoms with E-state index in [1.54, 1.807) is 0 Å². The number of carbonyl (C=O) groups is 1. The second-order valence-electron chi connectivity index (χ2n) is 6.73. The Morgan fingerprint density at radius 1 is 1.04 bits per heavy atom. The van der Waals surface area contributed by atoms with Crippen LogP contribution >= 0.6 is 0 Å². The molecule has 0 atom stereocenters. The molecule has 3 heteroatoms. The van der Waals surface area contributed by atoms with Crippen molar-refractivity contribution in [3.05, 3.63) is 35.4 Å². The Kier molecular flexibility index (Phi) is 5.71. The SMILES string of the molecule is O=C(C#CC1CCC1)NCc1ccc(CN2CCCCC2)cc1. The third kappa shape index (κ3) is 5.11. The Balaban J connectivity index is 1.43. The van der Waals surface area contributed by atoms with Crippen LogP contribution < -0.4 is 5.32 Å². The summed E-state index contributed by atoms with van der Waals surface area (Å²) in [5, 5.41) is 2.88. The number of piperidine rings is 1. The zero-order chi connectivity index (χ0) is 15.9. The van der Waals surface area contributed by atoms with Gasteiger partial charge in [-0.15, -0.1) is 0 Å². The van der Waals surface area contributed by atoms with E-state index in [2.05, 4.69) is 46.3 Å². The van der Waals surface area contributed by atoms with Crippen molar-refractivity contribution >= 4 is 5.91 Å². The molecular formula is C20H26N2O. The lowest BCUT2D eigenvalue weighted by molar-refractivity contribution is -0.115. The van der Waals surface area contributed by atoms with E-state index in [9.17, 15) is 4.79 Å². The van der Waals surface area contributed by atoms with Gasteiger partial charge < -0.3 is 5.32 Å². The van der Waals surface area contributed by atoms with Gasteiger partial charge in [0, 0.05) is 19.0 Å². The molecule has 1 aliphatic heterocycles. The lowest BCUT2D eigenvalue weighted by Gasteiger charge is -2.26. The molecule has 3 rings (SSSR count). The molecule has 1 aromatic carbocycles. The molecule has 23 heavy (non-hydrogen) atoms. The lowest BCUT2D eigenvalue weighted by Crippen LogP contribution is -2.29. The molecule has 1 heterocycles. The highest BCUT2D eigenvalue weighted by atomic mass is 16.1. The van der Waals surface area contributed by atoms with Crippen LogP contribution in [0.5, 0.6) is 0 Å². The van der Waals surface area contributed by atoms with Crippen LogP contribution in [0.15, 0.2) is 24.3 Å². The fraction of sp³-hybridized carbons (Fsp3) is 0.550. The molecule has 3 nitrogen and oxygen atoms in total. The van der Waals surface area contributed by atoms with Crippen LogP contribution in [0, 0.1) is 17.8 Å². The molecule has 1 amide bonds. The molecule has 0 aromatic heterocycles. The third-order valence-corrected chi connectivity index (χ3v) is 4.83. The maximum Gasteiger partial charge on any atom is 0.296 e. The van der Waals surface area contributed by atoms with E-state index in [4.69, 9.17) is 0 Å². The molecule has 122 valence electrons. The molecule has 1 aliphatic carbocycles. The quantitative estimate of drug-likeness (QED) is 0.867. The number of amides is 1. The van der Waals surface area contributed by atoms with Crippen LogP contribution in [0.1, 0.15) is 49.7 Å². The van der Waals surface area contributed by atoms with Crippen molar-refractivity contribution in [2.45, 2.75) is 51.6 Å². The van der Waals surface area contributed by atoms with E-state index in [0.717, 1.165) is 24.9 Å².